The van der Waals surface area contributed by atoms with E-state index < -0.39 is 0 Å². The molecule has 2 aromatic rings. The summed E-state index contributed by atoms with van der Waals surface area (Å²) in [6.45, 7) is 0. The van der Waals surface area contributed by atoms with E-state index in [2.05, 4.69) is 10.2 Å². The van der Waals surface area contributed by atoms with Crippen LogP contribution in [-0.2, 0) is 4.79 Å². The van der Waals surface area contributed by atoms with Crippen LogP contribution in [0.25, 0.3) is 5.65 Å². The molecule has 0 fully saturated rings. The lowest BCUT2D eigenvalue weighted by molar-refractivity contribution is -0.105. The van der Waals surface area contributed by atoms with E-state index in [0.29, 0.717) is 5.75 Å². The number of aromatic nitrogens is 3. The first-order chi connectivity index (χ1) is 6.42. The molecule has 0 aliphatic rings. The minimum absolute atomic E-state index is 0.412. The monoisotopic (exact) mass is 193 g/mol. The summed E-state index contributed by atoms with van der Waals surface area (Å²) in [6, 6.07) is 5.68. The van der Waals surface area contributed by atoms with Crippen LogP contribution >= 0.6 is 11.8 Å². The maximum Gasteiger partial charge on any atom is 0.196 e. The fourth-order valence-electron chi connectivity index (χ4n) is 1.03. The molecule has 0 bridgehead atoms. The first-order valence-electron chi connectivity index (χ1n) is 3.78. The van der Waals surface area contributed by atoms with Gasteiger partial charge in [0.1, 0.15) is 6.29 Å². The Labute approximate surface area is 79.0 Å². The van der Waals surface area contributed by atoms with Crippen LogP contribution in [0.3, 0.4) is 0 Å². The zero-order valence-corrected chi connectivity index (χ0v) is 7.57. The Morgan fingerprint density at radius 2 is 2.38 bits per heavy atom. The van der Waals surface area contributed by atoms with Crippen molar-refractivity contribution in [1.29, 1.82) is 0 Å². The number of rotatable bonds is 3. The predicted octanol–water partition coefficient (Wildman–Crippen LogP) is 1.02. The minimum Gasteiger partial charge on any atom is -0.302 e. The van der Waals surface area contributed by atoms with Crippen molar-refractivity contribution in [3.63, 3.8) is 0 Å². The standard InChI is InChI=1S/C8H7N3OS/c12-5-6-13-8-10-9-7-3-1-2-4-11(7)8/h1-5H,6H2. The van der Waals surface area contributed by atoms with Gasteiger partial charge in [0.05, 0.1) is 5.75 Å². The van der Waals surface area contributed by atoms with Crippen LogP contribution in [0.4, 0.5) is 0 Å². The van der Waals surface area contributed by atoms with Crippen molar-refractivity contribution >= 4 is 23.7 Å². The van der Waals surface area contributed by atoms with Crippen molar-refractivity contribution in [2.75, 3.05) is 5.75 Å². The molecule has 0 saturated heterocycles. The van der Waals surface area contributed by atoms with Crippen LogP contribution in [0.1, 0.15) is 0 Å². The number of aldehydes is 1. The lowest BCUT2D eigenvalue weighted by Crippen LogP contribution is -1.87. The quantitative estimate of drug-likeness (QED) is 0.539. The van der Waals surface area contributed by atoms with Crippen molar-refractivity contribution in [3.05, 3.63) is 24.4 Å². The average molecular weight is 193 g/mol. The van der Waals surface area contributed by atoms with Crippen molar-refractivity contribution in [1.82, 2.24) is 14.6 Å². The minimum atomic E-state index is 0.412. The molecule has 0 N–H and O–H groups in total. The summed E-state index contributed by atoms with van der Waals surface area (Å²) in [4.78, 5) is 10.2. The molecule has 0 saturated carbocycles. The Morgan fingerprint density at radius 3 is 3.23 bits per heavy atom. The molecule has 4 nitrogen and oxygen atoms in total. The highest BCUT2D eigenvalue weighted by Crippen LogP contribution is 2.14. The number of pyridine rings is 1. The van der Waals surface area contributed by atoms with Gasteiger partial charge in [0.15, 0.2) is 10.8 Å². The summed E-state index contributed by atoms with van der Waals surface area (Å²) in [7, 11) is 0. The predicted molar refractivity (Wildman–Crippen MR) is 49.8 cm³/mol. The van der Waals surface area contributed by atoms with Crippen molar-refractivity contribution in [3.8, 4) is 0 Å². The molecule has 5 heteroatoms. The molecule has 0 atom stereocenters. The summed E-state index contributed by atoms with van der Waals surface area (Å²) in [5.41, 5.74) is 0.802. The second-order valence-electron chi connectivity index (χ2n) is 2.39. The summed E-state index contributed by atoms with van der Waals surface area (Å²) < 4.78 is 1.86. The van der Waals surface area contributed by atoms with Gasteiger partial charge in [0, 0.05) is 6.20 Å². The number of carbonyl (C=O) groups is 1. The first-order valence-corrected chi connectivity index (χ1v) is 4.76. The van der Waals surface area contributed by atoms with Crippen molar-refractivity contribution in [2.45, 2.75) is 5.16 Å². The fourth-order valence-corrected chi connectivity index (χ4v) is 1.64. The Bertz CT molecular complexity index is 426. The van der Waals surface area contributed by atoms with Crippen molar-refractivity contribution in [2.24, 2.45) is 0 Å². The molecule has 13 heavy (non-hydrogen) atoms. The summed E-state index contributed by atoms with van der Waals surface area (Å²) in [5.74, 6) is 0.412. The van der Waals surface area contributed by atoms with Crippen molar-refractivity contribution < 1.29 is 4.79 Å². The van der Waals surface area contributed by atoms with E-state index in [0.717, 1.165) is 17.1 Å². The van der Waals surface area contributed by atoms with Crippen LogP contribution in [0.15, 0.2) is 29.6 Å². The molecule has 0 aromatic carbocycles. The smallest absolute Gasteiger partial charge is 0.196 e. The van der Waals surface area contributed by atoms with Gasteiger partial charge in [-0.05, 0) is 12.1 Å². The first kappa shape index (κ1) is 8.25. The highest BCUT2D eigenvalue weighted by molar-refractivity contribution is 7.99. The van der Waals surface area contributed by atoms with Gasteiger partial charge in [-0.3, -0.25) is 4.40 Å². The van der Waals surface area contributed by atoms with Gasteiger partial charge in [-0.15, -0.1) is 10.2 Å². The molecule has 2 heterocycles. The molecule has 0 unspecified atom stereocenters. The highest BCUT2D eigenvalue weighted by Gasteiger charge is 2.03. The summed E-state index contributed by atoms with van der Waals surface area (Å²) >= 11 is 1.38. The van der Waals surface area contributed by atoms with Gasteiger partial charge in [-0.2, -0.15) is 0 Å². The lowest BCUT2D eigenvalue weighted by atomic mass is 10.5. The zero-order chi connectivity index (χ0) is 9.10. The molecule has 2 rings (SSSR count). The lowest BCUT2D eigenvalue weighted by Gasteiger charge is -1.94. The SMILES string of the molecule is O=CCSc1nnc2ccccn12. The summed E-state index contributed by atoms with van der Waals surface area (Å²) in [5, 5.41) is 8.65. The van der Waals surface area contributed by atoms with Gasteiger partial charge < -0.3 is 4.79 Å². The third kappa shape index (κ3) is 1.55. The molecule has 0 spiro atoms. The summed E-state index contributed by atoms with van der Waals surface area (Å²) in [6.07, 6.45) is 2.73. The number of thioether (sulfide) groups is 1. The molecule has 0 amide bonds. The van der Waals surface area contributed by atoms with E-state index in [1.54, 1.807) is 0 Å². The Hall–Kier alpha value is -1.36. The van der Waals surface area contributed by atoms with Gasteiger partial charge in [-0.1, -0.05) is 17.8 Å². The van der Waals surface area contributed by atoms with E-state index in [1.807, 2.05) is 28.8 Å². The Morgan fingerprint density at radius 1 is 1.46 bits per heavy atom. The molecule has 0 radical (unpaired) electrons. The third-order valence-corrected chi connectivity index (χ3v) is 2.40. The molecule has 0 aliphatic heterocycles. The molecule has 2 aromatic heterocycles. The maximum atomic E-state index is 10.2. The van der Waals surface area contributed by atoms with Crippen LogP contribution in [0, 0.1) is 0 Å². The molecule has 0 aliphatic carbocycles. The van der Waals surface area contributed by atoms with E-state index >= 15 is 0 Å². The number of carbonyl (C=O) groups excluding carboxylic acids is 1. The van der Waals surface area contributed by atoms with Crippen LogP contribution in [0.5, 0.6) is 0 Å². The topological polar surface area (TPSA) is 47.3 Å². The Balaban J connectivity index is 2.40. The van der Waals surface area contributed by atoms with Crippen LogP contribution in [0.2, 0.25) is 0 Å². The number of hydrogen-bond acceptors (Lipinski definition) is 4. The third-order valence-electron chi connectivity index (χ3n) is 1.56. The number of nitrogens with zero attached hydrogens (tertiary/aromatic N) is 3. The molecular formula is C8H7N3OS. The van der Waals surface area contributed by atoms with Crippen LogP contribution < -0.4 is 0 Å². The van der Waals surface area contributed by atoms with Gasteiger partial charge in [0.2, 0.25) is 0 Å². The van der Waals surface area contributed by atoms with Crippen LogP contribution in [-0.4, -0.2) is 26.6 Å². The second-order valence-corrected chi connectivity index (χ2v) is 3.38. The average Bonchev–Trinajstić information content (AvgIpc) is 2.58. The second kappa shape index (κ2) is 3.57. The Kier molecular flexibility index (Phi) is 2.27. The van der Waals surface area contributed by atoms with Gasteiger partial charge in [0.25, 0.3) is 0 Å². The van der Waals surface area contributed by atoms with E-state index in [9.17, 15) is 4.79 Å². The van der Waals surface area contributed by atoms with Gasteiger partial charge in [-0.25, -0.2) is 0 Å². The van der Waals surface area contributed by atoms with E-state index in [1.165, 1.54) is 11.8 Å². The normalized spacial score (nSPS) is 10.5. The molecular weight excluding hydrogens is 186 g/mol. The zero-order valence-electron chi connectivity index (χ0n) is 6.75. The fraction of sp³-hybridized carbons (Fsp3) is 0.125. The van der Waals surface area contributed by atoms with E-state index in [-0.39, 0.29) is 0 Å². The number of fused-ring (bicyclic) bond motifs is 1. The van der Waals surface area contributed by atoms with Gasteiger partial charge >= 0.3 is 0 Å². The highest BCUT2D eigenvalue weighted by atomic mass is 32.2. The molecule has 66 valence electrons. The van der Waals surface area contributed by atoms with E-state index in [4.69, 9.17) is 0 Å². The number of hydrogen-bond donors (Lipinski definition) is 0. The largest absolute Gasteiger partial charge is 0.302 e. The maximum absolute atomic E-state index is 10.2.